The second-order valence-electron chi connectivity index (χ2n) is 6.10. The first-order valence-corrected chi connectivity index (χ1v) is 8.97. The first-order valence-electron chi connectivity index (χ1n) is 8.20. The molecule has 0 unspecified atom stereocenters. The number of aromatic nitrogens is 5. The lowest BCUT2D eigenvalue weighted by atomic mass is 10.1. The Morgan fingerprint density at radius 3 is 2.63 bits per heavy atom. The van der Waals surface area contributed by atoms with Gasteiger partial charge in [0.25, 0.3) is 11.6 Å². The fourth-order valence-electron chi connectivity index (χ4n) is 3.05. The van der Waals surface area contributed by atoms with E-state index in [1.807, 2.05) is 32.9 Å². The predicted molar refractivity (Wildman–Crippen MR) is 98.1 cm³/mol. The molecule has 5 rings (SSSR count). The van der Waals surface area contributed by atoms with E-state index in [1.54, 1.807) is 12.3 Å². The fourth-order valence-corrected chi connectivity index (χ4v) is 3.75. The van der Waals surface area contributed by atoms with Gasteiger partial charge in [0.1, 0.15) is 5.69 Å². The van der Waals surface area contributed by atoms with Gasteiger partial charge in [-0.3, -0.25) is 0 Å². The minimum Gasteiger partial charge on any atom is -0.463 e. The van der Waals surface area contributed by atoms with E-state index >= 15 is 0 Å². The number of hydrogen-bond donors (Lipinski definition) is 0. The summed E-state index contributed by atoms with van der Waals surface area (Å²) in [7, 11) is 0. The smallest absolute Gasteiger partial charge is 0.259 e. The van der Waals surface area contributed by atoms with Gasteiger partial charge < -0.3 is 13.5 Å². The molecule has 5 aromatic rings. The Hall–Kier alpha value is -3.33. The van der Waals surface area contributed by atoms with Crippen molar-refractivity contribution in [1.29, 1.82) is 0 Å². The lowest BCUT2D eigenvalue weighted by Crippen LogP contribution is -1.89. The molecular weight excluding hydrogens is 366 g/mol. The normalized spacial score (nSPS) is 11.5. The molecule has 0 aromatic carbocycles. The fraction of sp³-hybridized carbons (Fsp3) is 0.167. The monoisotopic (exact) mass is 379 g/mol. The molecule has 5 aromatic heterocycles. The molecule has 0 aliphatic heterocycles. The van der Waals surface area contributed by atoms with E-state index in [4.69, 9.17) is 13.5 Å². The van der Waals surface area contributed by atoms with Crippen LogP contribution in [0.15, 0.2) is 37.9 Å². The van der Waals surface area contributed by atoms with Crippen LogP contribution in [0.2, 0.25) is 0 Å². The lowest BCUT2D eigenvalue weighted by molar-refractivity contribution is 0.432. The summed E-state index contributed by atoms with van der Waals surface area (Å²) in [5.74, 6) is 1.48. The molecule has 27 heavy (non-hydrogen) atoms. The van der Waals surface area contributed by atoms with Crippen LogP contribution in [-0.4, -0.2) is 24.7 Å². The first kappa shape index (κ1) is 15.9. The zero-order chi connectivity index (χ0) is 18.5. The molecule has 134 valence electrons. The van der Waals surface area contributed by atoms with Crippen molar-refractivity contribution in [1.82, 2.24) is 24.7 Å². The van der Waals surface area contributed by atoms with Crippen molar-refractivity contribution in [2.45, 2.75) is 20.8 Å². The van der Waals surface area contributed by atoms with Gasteiger partial charge in [-0.2, -0.15) is 9.36 Å². The minimum atomic E-state index is 0.363. The lowest BCUT2D eigenvalue weighted by Gasteiger charge is -2.01. The number of nitrogens with zero attached hydrogens (tertiary/aromatic N) is 5. The molecule has 8 nitrogen and oxygen atoms in total. The number of aryl methyl sites for hydroxylation is 3. The summed E-state index contributed by atoms with van der Waals surface area (Å²) in [6.07, 6.45) is 1.59. The SMILES string of the molecule is Cc1nsc(C)c1-c1noc(-c2cc(-c3ccco3)nc3onc(C)c23)n1. The molecule has 0 saturated carbocycles. The maximum atomic E-state index is 5.58. The number of rotatable bonds is 3. The second kappa shape index (κ2) is 5.85. The van der Waals surface area contributed by atoms with E-state index in [2.05, 4.69) is 24.7 Å². The van der Waals surface area contributed by atoms with E-state index in [0.29, 0.717) is 40.1 Å². The number of fused-ring (bicyclic) bond motifs is 1. The van der Waals surface area contributed by atoms with Gasteiger partial charge in [0.05, 0.1) is 34.2 Å². The van der Waals surface area contributed by atoms with Crippen LogP contribution in [0.1, 0.15) is 16.3 Å². The zero-order valence-corrected chi connectivity index (χ0v) is 15.5. The van der Waals surface area contributed by atoms with Crippen molar-refractivity contribution in [3.05, 3.63) is 40.7 Å². The molecule has 0 fully saturated rings. The standard InChI is InChI=1S/C18H13N5O3S/c1-8-15-11(7-12(13-5-4-6-24-13)19-18(15)26-21-8)17-20-16(22-25-17)14-9(2)23-27-10(14)3/h4-7H,1-3H3. The topological polar surface area (TPSA) is 104 Å². The highest BCUT2D eigenvalue weighted by Crippen LogP contribution is 2.35. The zero-order valence-electron chi connectivity index (χ0n) is 14.7. The Morgan fingerprint density at radius 2 is 1.89 bits per heavy atom. The molecule has 0 aliphatic rings. The van der Waals surface area contributed by atoms with Crippen molar-refractivity contribution in [3.8, 4) is 34.3 Å². The largest absolute Gasteiger partial charge is 0.463 e. The van der Waals surface area contributed by atoms with Gasteiger partial charge in [0.15, 0.2) is 5.76 Å². The maximum absolute atomic E-state index is 5.58. The van der Waals surface area contributed by atoms with E-state index in [9.17, 15) is 0 Å². The van der Waals surface area contributed by atoms with Crippen molar-refractivity contribution in [3.63, 3.8) is 0 Å². The highest BCUT2D eigenvalue weighted by molar-refractivity contribution is 7.06. The number of pyridine rings is 1. The van der Waals surface area contributed by atoms with Gasteiger partial charge in [-0.25, -0.2) is 4.98 Å². The third-order valence-electron chi connectivity index (χ3n) is 4.30. The third kappa shape index (κ3) is 2.47. The molecule has 0 N–H and O–H groups in total. The van der Waals surface area contributed by atoms with Crippen LogP contribution in [0.3, 0.4) is 0 Å². The van der Waals surface area contributed by atoms with Gasteiger partial charge in [-0.05, 0) is 50.5 Å². The number of furan rings is 1. The molecule has 0 amide bonds. The minimum absolute atomic E-state index is 0.363. The van der Waals surface area contributed by atoms with Crippen LogP contribution in [0.5, 0.6) is 0 Å². The molecule has 0 spiro atoms. The van der Waals surface area contributed by atoms with Crippen molar-refractivity contribution < 1.29 is 13.5 Å². The van der Waals surface area contributed by atoms with Crippen LogP contribution in [0, 0.1) is 20.8 Å². The molecule has 0 atom stereocenters. The molecular formula is C18H13N5O3S. The van der Waals surface area contributed by atoms with Gasteiger partial charge in [-0.1, -0.05) is 10.3 Å². The van der Waals surface area contributed by atoms with Gasteiger partial charge in [0, 0.05) is 4.88 Å². The summed E-state index contributed by atoms with van der Waals surface area (Å²) in [6.45, 7) is 5.76. The summed E-state index contributed by atoms with van der Waals surface area (Å²) >= 11 is 1.42. The maximum Gasteiger partial charge on any atom is 0.259 e. The van der Waals surface area contributed by atoms with E-state index in [-0.39, 0.29) is 0 Å². The average molecular weight is 379 g/mol. The van der Waals surface area contributed by atoms with Crippen molar-refractivity contribution in [2.75, 3.05) is 0 Å². The Kier molecular flexibility index (Phi) is 3.44. The van der Waals surface area contributed by atoms with Gasteiger partial charge in [0.2, 0.25) is 5.82 Å². The van der Waals surface area contributed by atoms with Crippen molar-refractivity contribution >= 4 is 22.6 Å². The molecule has 0 bridgehead atoms. The Morgan fingerprint density at radius 1 is 1.00 bits per heavy atom. The van der Waals surface area contributed by atoms with Gasteiger partial charge >= 0.3 is 0 Å². The summed E-state index contributed by atoms with van der Waals surface area (Å²) in [4.78, 5) is 10.1. The van der Waals surface area contributed by atoms with Crippen LogP contribution in [0.4, 0.5) is 0 Å². The summed E-state index contributed by atoms with van der Waals surface area (Å²) in [6, 6.07) is 5.46. The third-order valence-corrected chi connectivity index (χ3v) is 5.15. The van der Waals surface area contributed by atoms with E-state index in [1.165, 1.54) is 11.5 Å². The highest BCUT2D eigenvalue weighted by atomic mass is 32.1. The van der Waals surface area contributed by atoms with Crippen LogP contribution < -0.4 is 0 Å². The quantitative estimate of drug-likeness (QED) is 0.448. The average Bonchev–Trinajstić information content (AvgIpc) is 3.43. The molecule has 0 saturated heterocycles. The first-order chi connectivity index (χ1) is 13.1. The van der Waals surface area contributed by atoms with E-state index in [0.717, 1.165) is 21.5 Å². The van der Waals surface area contributed by atoms with Crippen LogP contribution in [0.25, 0.3) is 45.4 Å². The Bertz CT molecular complexity index is 1250. The number of hydrogen-bond acceptors (Lipinski definition) is 9. The molecule has 0 aliphatic carbocycles. The summed E-state index contributed by atoms with van der Waals surface area (Å²) in [5.41, 5.74) is 4.16. The van der Waals surface area contributed by atoms with Gasteiger partial charge in [-0.15, -0.1) is 0 Å². The molecule has 5 heterocycles. The Balaban J connectivity index is 1.72. The Labute approximate surface area is 157 Å². The second-order valence-corrected chi connectivity index (χ2v) is 7.08. The predicted octanol–water partition coefficient (Wildman–Crippen LogP) is 4.58. The summed E-state index contributed by atoms with van der Waals surface area (Å²) in [5, 5.41) is 8.91. The summed E-state index contributed by atoms with van der Waals surface area (Å²) < 4.78 is 20.8. The van der Waals surface area contributed by atoms with E-state index < -0.39 is 0 Å². The molecule has 9 heteroatoms. The molecule has 0 radical (unpaired) electrons. The van der Waals surface area contributed by atoms with Crippen LogP contribution in [-0.2, 0) is 0 Å². The highest BCUT2D eigenvalue weighted by Gasteiger charge is 2.22. The van der Waals surface area contributed by atoms with Crippen LogP contribution >= 0.6 is 11.5 Å². The van der Waals surface area contributed by atoms with Crippen molar-refractivity contribution in [2.24, 2.45) is 0 Å².